The lowest BCUT2D eigenvalue weighted by Gasteiger charge is -2.39. The molecule has 4 rings (SSSR count). The Bertz CT molecular complexity index is 890. The number of thiazole rings is 1. The fourth-order valence-corrected chi connectivity index (χ4v) is 5.74. The van der Waals surface area contributed by atoms with Gasteiger partial charge in [-0.2, -0.15) is 0 Å². The lowest BCUT2D eigenvalue weighted by molar-refractivity contribution is -0.144. The minimum Gasteiger partial charge on any atom is -0.391 e. The van der Waals surface area contributed by atoms with E-state index < -0.39 is 17.9 Å². The smallest absolute Gasteiger partial charge is 0.226 e. The molecule has 1 saturated heterocycles. The van der Waals surface area contributed by atoms with Crippen LogP contribution in [0.1, 0.15) is 56.7 Å². The molecule has 1 aliphatic carbocycles. The van der Waals surface area contributed by atoms with Gasteiger partial charge in [0.05, 0.1) is 28.2 Å². The van der Waals surface area contributed by atoms with Gasteiger partial charge in [-0.15, -0.1) is 11.3 Å². The van der Waals surface area contributed by atoms with Gasteiger partial charge in [0.25, 0.3) is 0 Å². The number of rotatable bonds is 6. The fourth-order valence-electron chi connectivity index (χ4n) is 4.93. The van der Waals surface area contributed by atoms with E-state index in [2.05, 4.69) is 22.4 Å². The zero-order valence-electron chi connectivity index (χ0n) is 18.4. The van der Waals surface area contributed by atoms with E-state index in [9.17, 15) is 15.0 Å². The Morgan fingerprint density at radius 3 is 2.61 bits per heavy atom. The Balaban J connectivity index is 1.41. The van der Waals surface area contributed by atoms with Gasteiger partial charge in [0.2, 0.25) is 5.91 Å². The van der Waals surface area contributed by atoms with Gasteiger partial charge in [-0.1, -0.05) is 43.5 Å². The molecular formula is C24H33N3O3S. The topological polar surface area (TPSA) is 85.7 Å². The van der Waals surface area contributed by atoms with Gasteiger partial charge < -0.3 is 15.1 Å². The van der Waals surface area contributed by atoms with Crippen LogP contribution in [0.5, 0.6) is 0 Å². The highest BCUT2D eigenvalue weighted by molar-refractivity contribution is 7.13. The summed E-state index contributed by atoms with van der Waals surface area (Å²) in [6.45, 7) is 4.51. The van der Waals surface area contributed by atoms with Gasteiger partial charge in [0.1, 0.15) is 5.72 Å². The van der Waals surface area contributed by atoms with Crippen LogP contribution in [-0.2, 0) is 11.3 Å². The zero-order chi connectivity index (χ0) is 22.0. The molecule has 6 nitrogen and oxygen atoms in total. The number of benzene rings is 1. The summed E-state index contributed by atoms with van der Waals surface area (Å²) in [5.74, 6) is 0.118. The summed E-state index contributed by atoms with van der Waals surface area (Å²) in [7, 11) is 0. The molecule has 168 valence electrons. The molecule has 1 aliphatic heterocycles. The van der Waals surface area contributed by atoms with Crippen LogP contribution in [0.15, 0.2) is 29.8 Å². The number of amides is 1. The minimum atomic E-state index is -1.28. The average Bonchev–Trinajstić information content (AvgIpc) is 3.39. The molecule has 1 aromatic heterocycles. The van der Waals surface area contributed by atoms with E-state index in [-0.39, 0.29) is 11.8 Å². The number of hydrogen-bond donors (Lipinski definition) is 3. The molecule has 0 spiro atoms. The van der Waals surface area contributed by atoms with Crippen LogP contribution in [0.25, 0.3) is 10.4 Å². The number of carbonyl (C=O) groups is 1. The number of aromatic nitrogens is 1. The number of aliphatic hydroxyl groups is 2. The van der Waals surface area contributed by atoms with E-state index >= 15 is 0 Å². The van der Waals surface area contributed by atoms with Crippen molar-refractivity contribution in [2.75, 3.05) is 6.54 Å². The van der Waals surface area contributed by atoms with Crippen LogP contribution in [0.3, 0.4) is 0 Å². The molecule has 3 unspecified atom stereocenters. The average molecular weight is 444 g/mol. The first kappa shape index (κ1) is 22.4. The van der Waals surface area contributed by atoms with E-state index in [1.54, 1.807) is 23.2 Å². The number of β-amino-alcohol motifs (C(OH)–C–C–N with tert-alkyl or cyclic N) is 1. The molecule has 7 heteroatoms. The lowest BCUT2D eigenvalue weighted by Crippen LogP contribution is -2.58. The van der Waals surface area contributed by atoms with Gasteiger partial charge in [-0.25, -0.2) is 4.98 Å². The molecule has 2 heterocycles. The first-order valence-electron chi connectivity index (χ1n) is 11.3. The number of nitrogens with one attached hydrogen (secondary N) is 1. The van der Waals surface area contributed by atoms with Crippen molar-refractivity contribution in [2.24, 2.45) is 5.92 Å². The number of nitrogens with zero attached hydrogens (tertiary/aromatic N) is 2. The summed E-state index contributed by atoms with van der Waals surface area (Å²) in [5.41, 5.74) is 3.79. The fraction of sp³-hybridized carbons (Fsp3) is 0.583. The SMILES string of the molecule is Cc1ncsc1-c1ccc(CNC(C)(O)C2CC(O)CN2C(=O)C2CCCCC2)cc1. The van der Waals surface area contributed by atoms with Gasteiger partial charge in [0, 0.05) is 19.0 Å². The monoisotopic (exact) mass is 443 g/mol. The second-order valence-electron chi connectivity index (χ2n) is 9.20. The molecule has 1 saturated carbocycles. The summed E-state index contributed by atoms with van der Waals surface area (Å²) in [6, 6.07) is 7.81. The normalized spacial score (nSPS) is 24.3. The molecule has 2 fully saturated rings. The summed E-state index contributed by atoms with van der Waals surface area (Å²) in [6.07, 6.45) is 5.00. The standard InChI is InChI=1S/C24H33N3O3S/c1-16-22(31-15-25-16)18-10-8-17(9-11-18)13-26-24(2,30)21-12-20(28)14-27(21)23(29)19-6-4-3-5-7-19/h8-11,15,19-21,26,28,30H,3-7,12-14H2,1-2H3. The van der Waals surface area contributed by atoms with Crippen molar-refractivity contribution < 1.29 is 15.0 Å². The van der Waals surface area contributed by atoms with Crippen molar-refractivity contribution in [1.29, 1.82) is 0 Å². The van der Waals surface area contributed by atoms with Crippen molar-refractivity contribution in [3.8, 4) is 10.4 Å². The molecule has 31 heavy (non-hydrogen) atoms. The van der Waals surface area contributed by atoms with Crippen molar-refractivity contribution in [3.05, 3.63) is 41.0 Å². The summed E-state index contributed by atoms with van der Waals surface area (Å²) < 4.78 is 0. The quantitative estimate of drug-likeness (QED) is 0.596. The van der Waals surface area contributed by atoms with E-state index in [1.165, 1.54) is 11.3 Å². The number of aliphatic hydroxyl groups excluding tert-OH is 1. The third-order valence-electron chi connectivity index (χ3n) is 6.78. The highest BCUT2D eigenvalue weighted by Gasteiger charge is 2.46. The van der Waals surface area contributed by atoms with Crippen molar-refractivity contribution in [3.63, 3.8) is 0 Å². The molecule has 3 N–H and O–H groups in total. The second-order valence-corrected chi connectivity index (χ2v) is 10.1. The van der Waals surface area contributed by atoms with Crippen molar-refractivity contribution >= 4 is 17.2 Å². The Labute approximate surface area is 188 Å². The number of likely N-dealkylation sites (tertiary alicyclic amines) is 1. The molecular weight excluding hydrogens is 410 g/mol. The zero-order valence-corrected chi connectivity index (χ0v) is 19.2. The first-order valence-corrected chi connectivity index (χ1v) is 12.2. The second kappa shape index (κ2) is 9.36. The summed E-state index contributed by atoms with van der Waals surface area (Å²) in [4.78, 5) is 20.3. The molecule has 0 radical (unpaired) electrons. The van der Waals surface area contributed by atoms with Gasteiger partial charge in [-0.05, 0) is 44.2 Å². The maximum absolute atomic E-state index is 13.1. The Hall–Kier alpha value is -1.80. The first-order chi connectivity index (χ1) is 14.8. The van der Waals surface area contributed by atoms with Crippen LogP contribution in [-0.4, -0.2) is 50.4 Å². The number of hydrogen-bond acceptors (Lipinski definition) is 6. The highest BCUT2D eigenvalue weighted by atomic mass is 32.1. The summed E-state index contributed by atoms with van der Waals surface area (Å²) in [5, 5.41) is 24.7. The van der Waals surface area contributed by atoms with Crippen LogP contribution < -0.4 is 5.32 Å². The van der Waals surface area contributed by atoms with E-state index in [0.29, 0.717) is 19.5 Å². The van der Waals surface area contributed by atoms with Gasteiger partial charge in [-0.3, -0.25) is 10.1 Å². The molecule has 2 aromatic rings. The molecule has 2 aliphatic rings. The highest BCUT2D eigenvalue weighted by Crippen LogP contribution is 2.32. The molecule has 1 amide bonds. The molecule has 0 bridgehead atoms. The maximum atomic E-state index is 13.1. The predicted molar refractivity (Wildman–Crippen MR) is 122 cm³/mol. The van der Waals surface area contributed by atoms with Crippen LogP contribution >= 0.6 is 11.3 Å². The van der Waals surface area contributed by atoms with Crippen molar-refractivity contribution in [1.82, 2.24) is 15.2 Å². The third kappa shape index (κ3) is 5.00. The van der Waals surface area contributed by atoms with Crippen LogP contribution in [0.4, 0.5) is 0 Å². The molecule has 1 aromatic carbocycles. The van der Waals surface area contributed by atoms with E-state index in [0.717, 1.165) is 42.5 Å². The Morgan fingerprint density at radius 1 is 1.26 bits per heavy atom. The lowest BCUT2D eigenvalue weighted by atomic mass is 9.87. The third-order valence-corrected chi connectivity index (χ3v) is 7.76. The predicted octanol–water partition coefficient (Wildman–Crippen LogP) is 3.46. The maximum Gasteiger partial charge on any atom is 0.226 e. The Kier molecular flexibility index (Phi) is 6.77. The van der Waals surface area contributed by atoms with Crippen LogP contribution in [0.2, 0.25) is 0 Å². The van der Waals surface area contributed by atoms with Gasteiger partial charge in [0.15, 0.2) is 0 Å². The van der Waals surface area contributed by atoms with Gasteiger partial charge >= 0.3 is 0 Å². The largest absolute Gasteiger partial charge is 0.391 e. The van der Waals surface area contributed by atoms with E-state index in [4.69, 9.17) is 0 Å². The van der Waals surface area contributed by atoms with E-state index in [1.807, 2.05) is 24.6 Å². The van der Waals surface area contributed by atoms with Crippen LogP contribution in [0, 0.1) is 12.8 Å². The van der Waals surface area contributed by atoms with Crippen molar-refractivity contribution in [2.45, 2.75) is 76.8 Å². The number of carbonyl (C=O) groups excluding carboxylic acids is 1. The summed E-state index contributed by atoms with van der Waals surface area (Å²) >= 11 is 1.63. The minimum absolute atomic E-state index is 0.0279. The number of aryl methyl sites for hydroxylation is 1. The molecule has 3 atom stereocenters. The Morgan fingerprint density at radius 2 is 1.97 bits per heavy atom.